The molecule has 0 amide bonds. The highest BCUT2D eigenvalue weighted by molar-refractivity contribution is 5.12. The van der Waals surface area contributed by atoms with Crippen molar-refractivity contribution in [2.75, 3.05) is 19.6 Å². The van der Waals surface area contributed by atoms with Crippen LogP contribution in [0.3, 0.4) is 0 Å². The van der Waals surface area contributed by atoms with E-state index in [1.165, 1.54) is 13.1 Å². The fraction of sp³-hybridized carbons (Fsp3) is 0.833. The Bertz CT molecular complexity index is 397. The van der Waals surface area contributed by atoms with Gasteiger partial charge >= 0.3 is 0 Å². The Morgan fingerprint density at radius 3 is 2.82 bits per heavy atom. The van der Waals surface area contributed by atoms with Gasteiger partial charge < -0.3 is 15.2 Å². The first kappa shape index (κ1) is 11.2. The van der Waals surface area contributed by atoms with Crippen molar-refractivity contribution in [3.63, 3.8) is 0 Å². The summed E-state index contributed by atoms with van der Waals surface area (Å²) in [5, 5.41) is 4.11. The molecule has 0 radical (unpaired) electrons. The van der Waals surface area contributed by atoms with Crippen molar-refractivity contribution in [3.05, 3.63) is 11.7 Å². The zero-order chi connectivity index (χ0) is 11.9. The second kappa shape index (κ2) is 4.07. The summed E-state index contributed by atoms with van der Waals surface area (Å²) in [6.45, 7) is 5.33. The molecular weight excluding hydrogens is 216 g/mol. The zero-order valence-electron chi connectivity index (χ0n) is 10.4. The van der Waals surface area contributed by atoms with Gasteiger partial charge in [-0.05, 0) is 38.3 Å². The van der Waals surface area contributed by atoms with Crippen LogP contribution in [0.25, 0.3) is 0 Å². The quantitative estimate of drug-likeness (QED) is 0.844. The van der Waals surface area contributed by atoms with Crippen LogP contribution in [0, 0.1) is 5.92 Å². The van der Waals surface area contributed by atoms with E-state index in [-0.39, 0.29) is 5.54 Å². The fourth-order valence-corrected chi connectivity index (χ4v) is 3.12. The Labute approximate surface area is 101 Å². The Kier molecular flexibility index (Phi) is 2.67. The van der Waals surface area contributed by atoms with Crippen molar-refractivity contribution in [2.45, 2.75) is 38.1 Å². The third-order valence-corrected chi connectivity index (χ3v) is 4.15. The van der Waals surface area contributed by atoms with Gasteiger partial charge in [0.1, 0.15) is 0 Å². The maximum Gasteiger partial charge on any atom is 0.226 e. The monoisotopic (exact) mass is 236 g/mol. The summed E-state index contributed by atoms with van der Waals surface area (Å²) in [6.07, 6.45) is 4.19. The second-order valence-corrected chi connectivity index (χ2v) is 5.35. The maximum absolute atomic E-state index is 6.55. The minimum atomic E-state index is -0.383. The normalized spacial score (nSPS) is 36.4. The average molecular weight is 236 g/mol. The maximum atomic E-state index is 6.55. The highest BCUT2D eigenvalue weighted by atomic mass is 16.5. The van der Waals surface area contributed by atoms with E-state index in [1.54, 1.807) is 0 Å². The van der Waals surface area contributed by atoms with E-state index in [4.69, 9.17) is 10.3 Å². The molecule has 1 aromatic heterocycles. The number of piperidine rings is 3. The molecule has 0 saturated carbocycles. The van der Waals surface area contributed by atoms with Crippen LogP contribution in [0.1, 0.15) is 37.9 Å². The molecule has 1 unspecified atom stereocenters. The van der Waals surface area contributed by atoms with Gasteiger partial charge in [-0.25, -0.2) is 0 Å². The highest BCUT2D eigenvalue weighted by Gasteiger charge is 2.48. The number of hydrogen-bond acceptors (Lipinski definition) is 5. The predicted molar refractivity (Wildman–Crippen MR) is 63.3 cm³/mol. The third-order valence-electron chi connectivity index (χ3n) is 4.15. The summed E-state index contributed by atoms with van der Waals surface area (Å²) >= 11 is 0. The van der Waals surface area contributed by atoms with Crippen molar-refractivity contribution in [2.24, 2.45) is 11.7 Å². The van der Waals surface area contributed by atoms with Gasteiger partial charge in [0.15, 0.2) is 5.82 Å². The van der Waals surface area contributed by atoms with Crippen LogP contribution in [0.2, 0.25) is 0 Å². The molecule has 94 valence electrons. The smallest absolute Gasteiger partial charge is 0.226 e. The van der Waals surface area contributed by atoms with Gasteiger partial charge in [0.2, 0.25) is 5.89 Å². The zero-order valence-corrected chi connectivity index (χ0v) is 10.4. The number of aromatic nitrogens is 2. The topological polar surface area (TPSA) is 68.2 Å². The Hall–Kier alpha value is -0.940. The van der Waals surface area contributed by atoms with Crippen molar-refractivity contribution in [3.8, 4) is 0 Å². The fourth-order valence-electron chi connectivity index (χ4n) is 3.12. The van der Waals surface area contributed by atoms with E-state index in [0.29, 0.717) is 5.92 Å². The van der Waals surface area contributed by atoms with E-state index in [2.05, 4.69) is 22.0 Å². The average Bonchev–Trinajstić information content (AvgIpc) is 2.80. The summed E-state index contributed by atoms with van der Waals surface area (Å²) in [6, 6.07) is 0. The van der Waals surface area contributed by atoms with E-state index >= 15 is 0 Å². The lowest BCUT2D eigenvalue weighted by atomic mass is 9.73. The first-order chi connectivity index (χ1) is 8.22. The van der Waals surface area contributed by atoms with Crippen LogP contribution in [0.15, 0.2) is 4.52 Å². The summed E-state index contributed by atoms with van der Waals surface area (Å²) in [5.74, 6) is 1.96. The molecule has 17 heavy (non-hydrogen) atoms. The number of rotatable bonds is 3. The second-order valence-electron chi connectivity index (χ2n) is 5.35. The van der Waals surface area contributed by atoms with Crippen LogP contribution in [-0.4, -0.2) is 34.7 Å². The lowest BCUT2D eigenvalue weighted by Gasteiger charge is -2.49. The minimum absolute atomic E-state index is 0.383. The number of nitrogens with two attached hydrogens (primary N) is 1. The molecule has 5 heteroatoms. The number of nitrogens with zero attached hydrogens (tertiary/aromatic N) is 3. The lowest BCUT2D eigenvalue weighted by Crippen LogP contribution is -2.62. The molecule has 0 aliphatic carbocycles. The Morgan fingerprint density at radius 1 is 1.47 bits per heavy atom. The van der Waals surface area contributed by atoms with Gasteiger partial charge in [0.25, 0.3) is 0 Å². The molecule has 3 saturated heterocycles. The van der Waals surface area contributed by atoms with Gasteiger partial charge in [0, 0.05) is 13.0 Å². The van der Waals surface area contributed by atoms with E-state index in [9.17, 15) is 0 Å². The van der Waals surface area contributed by atoms with Gasteiger partial charge in [-0.2, -0.15) is 4.98 Å². The molecule has 3 aliphatic rings. The molecule has 5 nitrogen and oxygen atoms in total. The molecule has 2 bridgehead atoms. The molecular formula is C12H20N4O. The first-order valence-corrected chi connectivity index (χ1v) is 6.56. The molecule has 0 spiro atoms. The van der Waals surface area contributed by atoms with Crippen LogP contribution >= 0.6 is 0 Å². The largest absolute Gasteiger partial charge is 0.339 e. The lowest BCUT2D eigenvalue weighted by molar-refractivity contribution is 0.0207. The Balaban J connectivity index is 1.86. The van der Waals surface area contributed by atoms with Crippen molar-refractivity contribution < 1.29 is 4.52 Å². The summed E-state index contributed by atoms with van der Waals surface area (Å²) in [7, 11) is 0. The van der Waals surface area contributed by atoms with Gasteiger partial charge in [-0.15, -0.1) is 0 Å². The van der Waals surface area contributed by atoms with E-state index in [1.807, 2.05) is 0 Å². The van der Waals surface area contributed by atoms with Crippen LogP contribution in [-0.2, 0) is 12.0 Å². The molecule has 4 heterocycles. The molecule has 2 N–H and O–H groups in total. The highest BCUT2D eigenvalue weighted by Crippen LogP contribution is 2.39. The van der Waals surface area contributed by atoms with Gasteiger partial charge in [-0.1, -0.05) is 12.1 Å². The molecule has 4 rings (SSSR count). The molecule has 1 atom stereocenters. The van der Waals surface area contributed by atoms with Gasteiger partial charge in [-0.3, -0.25) is 0 Å². The standard InChI is InChI=1S/C12H20N4O/c1-2-3-10-14-11(15-17-10)12(13)8-16-6-4-9(12)5-7-16/h9H,2-8,13H2,1H3. The molecule has 3 fully saturated rings. The van der Waals surface area contributed by atoms with Gasteiger partial charge in [0.05, 0.1) is 5.54 Å². The minimum Gasteiger partial charge on any atom is -0.339 e. The Morgan fingerprint density at radius 2 is 2.24 bits per heavy atom. The number of aryl methyl sites for hydroxylation is 1. The van der Waals surface area contributed by atoms with Crippen molar-refractivity contribution in [1.29, 1.82) is 0 Å². The van der Waals surface area contributed by atoms with Crippen LogP contribution in [0.4, 0.5) is 0 Å². The first-order valence-electron chi connectivity index (χ1n) is 6.56. The van der Waals surface area contributed by atoms with E-state index < -0.39 is 0 Å². The SMILES string of the molecule is CCCc1nc(C2(N)CN3CCC2CC3)no1. The molecule has 1 aromatic rings. The summed E-state index contributed by atoms with van der Waals surface area (Å²) < 4.78 is 5.27. The van der Waals surface area contributed by atoms with Crippen LogP contribution < -0.4 is 5.73 Å². The summed E-state index contributed by atoms with van der Waals surface area (Å²) in [5.41, 5.74) is 6.17. The van der Waals surface area contributed by atoms with Crippen molar-refractivity contribution in [1.82, 2.24) is 15.0 Å². The van der Waals surface area contributed by atoms with E-state index in [0.717, 1.165) is 43.9 Å². The molecule has 0 aromatic carbocycles. The number of hydrogen-bond donors (Lipinski definition) is 1. The van der Waals surface area contributed by atoms with Crippen molar-refractivity contribution >= 4 is 0 Å². The molecule has 3 aliphatic heterocycles. The summed E-state index contributed by atoms with van der Waals surface area (Å²) in [4.78, 5) is 6.90. The predicted octanol–water partition coefficient (Wildman–Crippen LogP) is 0.902. The van der Waals surface area contributed by atoms with Crippen LogP contribution in [0.5, 0.6) is 0 Å². The third kappa shape index (κ3) is 1.77. The number of fused-ring (bicyclic) bond motifs is 3.